The zero-order valence-corrected chi connectivity index (χ0v) is 9.92. The molecule has 1 atom stereocenters. The van der Waals surface area contributed by atoms with Gasteiger partial charge in [-0.05, 0) is 31.0 Å². The number of benzene rings is 1. The van der Waals surface area contributed by atoms with Gasteiger partial charge in [0.1, 0.15) is 5.82 Å². The van der Waals surface area contributed by atoms with Gasteiger partial charge in [-0.25, -0.2) is 4.39 Å². The van der Waals surface area contributed by atoms with E-state index in [0.717, 1.165) is 12.0 Å². The number of amides is 1. The summed E-state index contributed by atoms with van der Waals surface area (Å²) in [6.45, 7) is 2.42. The van der Waals surface area contributed by atoms with Gasteiger partial charge in [0.25, 0.3) is 0 Å². The van der Waals surface area contributed by atoms with Gasteiger partial charge >= 0.3 is 0 Å². The van der Waals surface area contributed by atoms with Crippen LogP contribution in [0.25, 0.3) is 0 Å². The fourth-order valence-corrected chi connectivity index (χ4v) is 2.04. The van der Waals surface area contributed by atoms with E-state index in [0.29, 0.717) is 12.2 Å². The molecule has 1 aromatic carbocycles. The third kappa shape index (κ3) is 1.91. The number of rotatable bonds is 1. The molecule has 0 saturated carbocycles. The second kappa shape index (κ2) is 3.93. The van der Waals surface area contributed by atoms with E-state index in [4.69, 9.17) is 0 Å². The first-order chi connectivity index (χ1) is 7.09. The van der Waals surface area contributed by atoms with Crippen LogP contribution in [-0.2, 0) is 11.2 Å². The Morgan fingerprint density at radius 3 is 3.00 bits per heavy atom. The van der Waals surface area contributed by atoms with Gasteiger partial charge in [0.15, 0.2) is 0 Å². The summed E-state index contributed by atoms with van der Waals surface area (Å²) in [5, 5.41) is 0. The van der Waals surface area contributed by atoms with Gasteiger partial charge in [-0.15, -0.1) is 0 Å². The predicted octanol–water partition coefficient (Wildman–Crippen LogP) is 2.50. The Labute approximate surface area is 96.2 Å². The average molecular weight is 272 g/mol. The highest BCUT2D eigenvalue weighted by Gasteiger charge is 2.26. The maximum atomic E-state index is 13.1. The molecule has 0 aromatic heterocycles. The minimum Gasteiger partial charge on any atom is -0.311 e. The molecule has 0 aliphatic carbocycles. The number of carbonyl (C=O) groups excluding carboxylic acids is 1. The second-order valence-corrected chi connectivity index (χ2v) is 5.00. The highest BCUT2D eigenvalue weighted by atomic mass is 79.9. The molecule has 2 rings (SSSR count). The maximum Gasteiger partial charge on any atom is 0.240 e. The van der Waals surface area contributed by atoms with E-state index in [1.165, 1.54) is 12.1 Å². The Hall–Kier alpha value is -0.900. The van der Waals surface area contributed by atoms with Crippen molar-refractivity contribution in [3.8, 4) is 0 Å². The number of carbonyl (C=O) groups is 1. The predicted molar refractivity (Wildman–Crippen MR) is 60.8 cm³/mol. The second-order valence-electron chi connectivity index (χ2n) is 3.63. The van der Waals surface area contributed by atoms with E-state index in [2.05, 4.69) is 15.9 Å². The van der Waals surface area contributed by atoms with Crippen LogP contribution in [0.1, 0.15) is 12.5 Å². The standard InChI is InChI=1S/C11H11BrFNO/c1-7(12)11(15)14-5-4-8-2-3-9(13)6-10(8)14/h2-3,6-7H,4-5H2,1H3. The van der Waals surface area contributed by atoms with Crippen molar-refractivity contribution in [3.63, 3.8) is 0 Å². The van der Waals surface area contributed by atoms with Crippen LogP contribution in [-0.4, -0.2) is 17.3 Å². The molecule has 0 fully saturated rings. The summed E-state index contributed by atoms with van der Waals surface area (Å²) in [5.74, 6) is -0.310. The Morgan fingerprint density at radius 1 is 1.60 bits per heavy atom. The van der Waals surface area contributed by atoms with E-state index in [-0.39, 0.29) is 16.6 Å². The molecule has 1 aliphatic rings. The molecule has 15 heavy (non-hydrogen) atoms. The lowest BCUT2D eigenvalue weighted by Crippen LogP contribution is -2.33. The summed E-state index contributed by atoms with van der Waals surface area (Å²) in [4.78, 5) is 13.2. The highest BCUT2D eigenvalue weighted by Crippen LogP contribution is 2.29. The maximum absolute atomic E-state index is 13.1. The van der Waals surface area contributed by atoms with E-state index in [1.807, 2.05) is 0 Å². The summed E-state index contributed by atoms with van der Waals surface area (Å²) in [7, 11) is 0. The Morgan fingerprint density at radius 2 is 2.33 bits per heavy atom. The Bertz CT molecular complexity index is 406. The van der Waals surface area contributed by atoms with Crippen LogP contribution in [0.4, 0.5) is 10.1 Å². The molecule has 0 N–H and O–H groups in total. The zero-order chi connectivity index (χ0) is 11.0. The average Bonchev–Trinajstić information content (AvgIpc) is 2.59. The van der Waals surface area contributed by atoms with E-state index in [9.17, 15) is 9.18 Å². The molecule has 1 unspecified atom stereocenters. The molecule has 4 heteroatoms. The van der Waals surface area contributed by atoms with Crippen LogP contribution < -0.4 is 4.90 Å². The molecule has 2 nitrogen and oxygen atoms in total. The number of hydrogen-bond acceptors (Lipinski definition) is 1. The van der Waals surface area contributed by atoms with Crippen molar-refractivity contribution in [1.29, 1.82) is 0 Å². The number of anilines is 1. The number of halogens is 2. The Balaban J connectivity index is 2.35. The van der Waals surface area contributed by atoms with Crippen molar-refractivity contribution >= 4 is 27.5 Å². The zero-order valence-electron chi connectivity index (χ0n) is 8.34. The van der Waals surface area contributed by atoms with Gasteiger partial charge in [-0.1, -0.05) is 22.0 Å². The van der Waals surface area contributed by atoms with Crippen LogP contribution in [0.15, 0.2) is 18.2 Å². The summed E-state index contributed by atoms with van der Waals surface area (Å²) in [6, 6.07) is 4.61. The lowest BCUT2D eigenvalue weighted by Gasteiger charge is -2.18. The van der Waals surface area contributed by atoms with Gasteiger partial charge in [0, 0.05) is 12.2 Å². The molecular formula is C11H11BrFNO. The van der Waals surface area contributed by atoms with Crippen LogP contribution >= 0.6 is 15.9 Å². The first-order valence-corrected chi connectivity index (χ1v) is 5.75. The number of fused-ring (bicyclic) bond motifs is 1. The molecule has 0 spiro atoms. The van der Waals surface area contributed by atoms with E-state index >= 15 is 0 Å². The third-order valence-corrected chi connectivity index (χ3v) is 2.94. The molecule has 0 radical (unpaired) electrons. The summed E-state index contributed by atoms with van der Waals surface area (Å²) >= 11 is 3.24. The smallest absolute Gasteiger partial charge is 0.240 e. The molecule has 0 saturated heterocycles. The molecule has 1 aromatic rings. The fourth-order valence-electron chi connectivity index (χ4n) is 1.80. The van der Waals surface area contributed by atoms with E-state index in [1.54, 1.807) is 17.9 Å². The molecular weight excluding hydrogens is 261 g/mol. The van der Waals surface area contributed by atoms with Crippen LogP contribution in [0, 0.1) is 5.82 Å². The van der Waals surface area contributed by atoms with Gasteiger partial charge in [0.05, 0.1) is 4.83 Å². The summed E-state index contributed by atoms with van der Waals surface area (Å²) in [6.07, 6.45) is 0.807. The van der Waals surface area contributed by atoms with Crippen molar-refractivity contribution in [2.24, 2.45) is 0 Å². The van der Waals surface area contributed by atoms with Gasteiger partial charge in [-0.2, -0.15) is 0 Å². The van der Waals surface area contributed by atoms with Gasteiger partial charge < -0.3 is 4.90 Å². The SMILES string of the molecule is CC(Br)C(=O)N1CCc2ccc(F)cc21. The van der Waals surface area contributed by atoms with Crippen LogP contribution in [0.2, 0.25) is 0 Å². The topological polar surface area (TPSA) is 20.3 Å². The quantitative estimate of drug-likeness (QED) is 0.719. The van der Waals surface area contributed by atoms with Crippen LogP contribution in [0.3, 0.4) is 0 Å². The Kier molecular flexibility index (Phi) is 2.78. The molecule has 1 amide bonds. The number of nitrogens with zero attached hydrogens (tertiary/aromatic N) is 1. The number of alkyl halides is 1. The minimum atomic E-state index is -0.296. The van der Waals surface area contributed by atoms with Crippen LogP contribution in [0.5, 0.6) is 0 Å². The molecule has 0 bridgehead atoms. The van der Waals surface area contributed by atoms with Gasteiger partial charge in [-0.3, -0.25) is 4.79 Å². The lowest BCUT2D eigenvalue weighted by atomic mass is 10.2. The molecule has 80 valence electrons. The van der Waals surface area contributed by atoms with Crippen molar-refractivity contribution in [2.75, 3.05) is 11.4 Å². The van der Waals surface area contributed by atoms with E-state index < -0.39 is 0 Å². The first kappa shape index (κ1) is 10.6. The normalized spacial score (nSPS) is 16.3. The fraction of sp³-hybridized carbons (Fsp3) is 0.364. The molecule has 1 heterocycles. The van der Waals surface area contributed by atoms with Crippen molar-refractivity contribution in [2.45, 2.75) is 18.2 Å². The molecule has 1 aliphatic heterocycles. The minimum absolute atomic E-state index is 0.0145. The van der Waals surface area contributed by atoms with Gasteiger partial charge in [0.2, 0.25) is 5.91 Å². The van der Waals surface area contributed by atoms with Crippen molar-refractivity contribution < 1.29 is 9.18 Å². The highest BCUT2D eigenvalue weighted by molar-refractivity contribution is 9.10. The third-order valence-electron chi connectivity index (χ3n) is 2.55. The summed E-state index contributed by atoms with van der Waals surface area (Å²) in [5.41, 5.74) is 1.75. The van der Waals surface area contributed by atoms with Crippen molar-refractivity contribution in [1.82, 2.24) is 0 Å². The largest absolute Gasteiger partial charge is 0.311 e. The monoisotopic (exact) mass is 271 g/mol. The lowest BCUT2D eigenvalue weighted by molar-refractivity contribution is -0.117. The summed E-state index contributed by atoms with van der Waals surface area (Å²) < 4.78 is 13.1. The van der Waals surface area contributed by atoms with Crippen molar-refractivity contribution in [3.05, 3.63) is 29.6 Å². The number of hydrogen-bond donors (Lipinski definition) is 0. The first-order valence-electron chi connectivity index (χ1n) is 4.83.